The number of rotatable bonds is 5. The van der Waals surface area contributed by atoms with Gasteiger partial charge in [0.25, 0.3) is 11.9 Å². The van der Waals surface area contributed by atoms with Gasteiger partial charge in [-0.05, 0) is 50.8 Å². The third-order valence-electron chi connectivity index (χ3n) is 5.40. The van der Waals surface area contributed by atoms with Crippen LogP contribution in [-0.4, -0.2) is 66.6 Å². The summed E-state index contributed by atoms with van der Waals surface area (Å²) in [6.45, 7) is 6.25. The molecule has 2 fully saturated rings. The van der Waals surface area contributed by atoms with Crippen LogP contribution in [-0.2, 0) is 9.59 Å². The molecule has 0 bridgehead atoms. The van der Waals surface area contributed by atoms with Gasteiger partial charge in [0.2, 0.25) is 5.91 Å². The van der Waals surface area contributed by atoms with Gasteiger partial charge >= 0.3 is 5.63 Å². The van der Waals surface area contributed by atoms with E-state index < -0.39 is 11.6 Å². The zero-order valence-electron chi connectivity index (χ0n) is 18.1. The summed E-state index contributed by atoms with van der Waals surface area (Å²) in [6.07, 6.45) is 3.46. The minimum absolute atomic E-state index is 0.0253. The molecule has 3 rings (SSSR count). The molecule has 0 spiro atoms. The van der Waals surface area contributed by atoms with E-state index in [-0.39, 0.29) is 35.9 Å². The van der Waals surface area contributed by atoms with Gasteiger partial charge in [-0.1, -0.05) is 0 Å². The number of nitrogens with two attached hydrogens (primary N) is 1. The highest BCUT2D eigenvalue weighted by Gasteiger charge is 2.26. The molecule has 1 atom stereocenters. The van der Waals surface area contributed by atoms with E-state index in [1.807, 2.05) is 11.0 Å². The smallest absolute Gasteiger partial charge is 0.349 e. The van der Waals surface area contributed by atoms with E-state index in [1.165, 1.54) is 0 Å². The lowest BCUT2D eigenvalue weighted by Gasteiger charge is -2.31. The Morgan fingerprint density at radius 2 is 1.94 bits per heavy atom. The number of nitrogens with zero attached hydrogens (tertiary/aromatic N) is 1. The molecule has 0 aliphatic carbocycles. The fourth-order valence-electron chi connectivity index (χ4n) is 3.92. The van der Waals surface area contributed by atoms with Crippen LogP contribution in [0.25, 0.3) is 0 Å². The minimum atomic E-state index is -0.833. The van der Waals surface area contributed by atoms with Crippen molar-refractivity contribution < 1.29 is 23.9 Å². The van der Waals surface area contributed by atoms with Crippen LogP contribution in [0.5, 0.6) is 0 Å². The average Bonchev–Trinajstić information content (AvgIpc) is 2.69. The highest BCUT2D eigenvalue weighted by atomic mass is 16.4. The first-order chi connectivity index (χ1) is 14.7. The number of carbonyl (C=O) groups excluding carboxylic acids is 2. The maximum absolute atomic E-state index is 12.6. The third kappa shape index (κ3) is 7.80. The molecular formula is C21H32N4O6. The van der Waals surface area contributed by atoms with Crippen LogP contribution in [0.2, 0.25) is 0 Å². The first-order valence-electron chi connectivity index (χ1n) is 10.5. The number of aryl methyl sites for hydroxylation is 1. The molecule has 2 aliphatic heterocycles. The van der Waals surface area contributed by atoms with Crippen LogP contribution in [0.3, 0.4) is 0 Å². The zero-order valence-corrected chi connectivity index (χ0v) is 18.1. The Hall–Kier alpha value is -2.72. The first kappa shape index (κ1) is 24.5. The number of hydrogen-bond donors (Lipinski definition) is 4. The van der Waals surface area contributed by atoms with Crippen molar-refractivity contribution in [2.75, 3.05) is 32.7 Å². The summed E-state index contributed by atoms with van der Waals surface area (Å²) in [4.78, 5) is 47.0. The predicted molar refractivity (Wildman–Crippen MR) is 114 cm³/mol. The molecule has 1 aromatic rings. The van der Waals surface area contributed by atoms with Crippen molar-refractivity contribution in [3.05, 3.63) is 33.4 Å². The van der Waals surface area contributed by atoms with Gasteiger partial charge in [-0.2, -0.15) is 0 Å². The average molecular weight is 437 g/mol. The van der Waals surface area contributed by atoms with Crippen molar-refractivity contribution in [3.8, 4) is 0 Å². The van der Waals surface area contributed by atoms with E-state index in [0.29, 0.717) is 24.4 Å². The van der Waals surface area contributed by atoms with Crippen LogP contribution in [0.4, 0.5) is 0 Å². The number of likely N-dealkylation sites (tertiary alicyclic amines) is 1. The van der Waals surface area contributed by atoms with Crippen LogP contribution in [0.1, 0.15) is 60.2 Å². The highest BCUT2D eigenvalue weighted by Crippen LogP contribution is 2.23. The van der Waals surface area contributed by atoms with E-state index in [2.05, 4.69) is 10.6 Å². The van der Waals surface area contributed by atoms with Gasteiger partial charge in [-0.3, -0.25) is 19.3 Å². The number of carboxylic acid groups (broad SMARTS) is 1. The Labute approximate surface area is 181 Å². The molecule has 5 N–H and O–H groups in total. The first-order valence-corrected chi connectivity index (χ1v) is 10.5. The standard InChI is InChI=1S/C19H28N4O4.C2H4O2/c1-12-9-15(13-3-2-6-21-10-13)27-19(26)17(12)18(25)22-14-4-7-23(8-5-14)11-16(20)24;1-2(3)4/h9,13-14,21H,2-8,10-11H2,1H3,(H2,20,24)(H,22,25);1H3,(H,3,4). The molecule has 0 radical (unpaired) electrons. The Morgan fingerprint density at radius 1 is 1.29 bits per heavy atom. The van der Waals surface area contributed by atoms with Crippen LogP contribution < -0.4 is 22.0 Å². The molecule has 10 nitrogen and oxygen atoms in total. The summed E-state index contributed by atoms with van der Waals surface area (Å²) in [5.74, 6) is -0.736. The van der Waals surface area contributed by atoms with Crippen molar-refractivity contribution in [2.45, 2.75) is 51.5 Å². The number of hydrogen-bond acceptors (Lipinski definition) is 7. The number of nitrogens with one attached hydrogen (secondary N) is 2. The Bertz CT molecular complexity index is 835. The minimum Gasteiger partial charge on any atom is -0.481 e. The summed E-state index contributed by atoms with van der Waals surface area (Å²) in [5.41, 5.74) is 5.38. The van der Waals surface area contributed by atoms with E-state index in [0.717, 1.165) is 45.7 Å². The van der Waals surface area contributed by atoms with Crippen molar-refractivity contribution in [2.24, 2.45) is 5.73 Å². The molecule has 1 unspecified atom stereocenters. The maximum atomic E-state index is 12.6. The second-order valence-electron chi connectivity index (χ2n) is 8.05. The van der Waals surface area contributed by atoms with Crippen LogP contribution in [0, 0.1) is 6.92 Å². The number of piperidine rings is 2. The Morgan fingerprint density at radius 3 is 2.45 bits per heavy atom. The molecule has 2 saturated heterocycles. The lowest BCUT2D eigenvalue weighted by molar-refractivity contribution is -0.134. The maximum Gasteiger partial charge on any atom is 0.349 e. The second kappa shape index (κ2) is 11.6. The molecule has 31 heavy (non-hydrogen) atoms. The summed E-state index contributed by atoms with van der Waals surface area (Å²) >= 11 is 0. The van der Waals surface area contributed by atoms with E-state index >= 15 is 0 Å². The van der Waals surface area contributed by atoms with Gasteiger partial charge in [-0.25, -0.2) is 4.79 Å². The number of carbonyl (C=O) groups is 3. The van der Waals surface area contributed by atoms with Gasteiger partial charge in [0.1, 0.15) is 11.3 Å². The zero-order chi connectivity index (χ0) is 23.0. The molecule has 10 heteroatoms. The Kier molecular flexibility index (Phi) is 9.20. The summed E-state index contributed by atoms with van der Waals surface area (Å²) in [5, 5.41) is 13.7. The molecule has 1 aromatic heterocycles. The summed E-state index contributed by atoms with van der Waals surface area (Å²) in [6, 6.07) is 1.80. The molecule has 2 aliphatic rings. The van der Waals surface area contributed by atoms with Gasteiger partial charge in [0, 0.05) is 38.5 Å². The quantitative estimate of drug-likeness (QED) is 0.510. The molecule has 172 valence electrons. The molecule has 3 heterocycles. The number of aliphatic carboxylic acids is 1. The number of carboxylic acids is 1. The van der Waals surface area contributed by atoms with E-state index in [9.17, 15) is 14.4 Å². The van der Waals surface area contributed by atoms with Gasteiger partial charge < -0.3 is 25.9 Å². The fraction of sp³-hybridized carbons (Fsp3) is 0.619. The number of primary amides is 1. The second-order valence-corrected chi connectivity index (χ2v) is 8.05. The molecule has 0 aromatic carbocycles. The normalized spacial score (nSPS) is 19.7. The van der Waals surface area contributed by atoms with Crippen molar-refractivity contribution in [3.63, 3.8) is 0 Å². The van der Waals surface area contributed by atoms with Gasteiger partial charge in [0.05, 0.1) is 6.54 Å². The van der Waals surface area contributed by atoms with E-state index in [4.69, 9.17) is 20.1 Å². The highest BCUT2D eigenvalue weighted by molar-refractivity contribution is 5.95. The topological polar surface area (TPSA) is 155 Å². The Balaban J connectivity index is 0.000000785. The number of amides is 2. The summed E-state index contributed by atoms with van der Waals surface area (Å²) in [7, 11) is 0. The molecule has 2 amide bonds. The summed E-state index contributed by atoms with van der Waals surface area (Å²) < 4.78 is 5.48. The fourth-order valence-corrected chi connectivity index (χ4v) is 3.92. The van der Waals surface area contributed by atoms with Crippen LogP contribution >= 0.6 is 0 Å². The molecular weight excluding hydrogens is 404 g/mol. The monoisotopic (exact) mass is 436 g/mol. The lowest BCUT2D eigenvalue weighted by atomic mass is 9.95. The van der Waals surface area contributed by atoms with Crippen molar-refractivity contribution in [1.82, 2.24) is 15.5 Å². The van der Waals surface area contributed by atoms with E-state index in [1.54, 1.807) is 6.92 Å². The van der Waals surface area contributed by atoms with Crippen molar-refractivity contribution in [1.29, 1.82) is 0 Å². The predicted octanol–water partition coefficient (Wildman–Crippen LogP) is 0.186. The molecule has 0 saturated carbocycles. The van der Waals surface area contributed by atoms with Crippen molar-refractivity contribution >= 4 is 17.8 Å². The van der Waals surface area contributed by atoms with Crippen LogP contribution in [0.15, 0.2) is 15.3 Å². The van der Waals surface area contributed by atoms with Gasteiger partial charge in [0.15, 0.2) is 0 Å². The largest absolute Gasteiger partial charge is 0.481 e. The third-order valence-corrected chi connectivity index (χ3v) is 5.40. The SMILES string of the molecule is CC(=O)O.Cc1cc(C2CCCNC2)oc(=O)c1C(=O)NC1CCN(CC(N)=O)CC1. The lowest BCUT2D eigenvalue weighted by Crippen LogP contribution is -2.47. The van der Waals surface area contributed by atoms with Gasteiger partial charge in [-0.15, -0.1) is 0 Å².